The van der Waals surface area contributed by atoms with Gasteiger partial charge < -0.3 is 10.6 Å². The van der Waals surface area contributed by atoms with Gasteiger partial charge in [-0.25, -0.2) is 4.98 Å². The summed E-state index contributed by atoms with van der Waals surface area (Å²) in [5.41, 5.74) is 5.27. The molecule has 0 unspecified atom stereocenters. The van der Waals surface area contributed by atoms with E-state index < -0.39 is 0 Å². The fourth-order valence-electron chi connectivity index (χ4n) is 3.02. The van der Waals surface area contributed by atoms with Crippen molar-refractivity contribution < 1.29 is 9.59 Å². The Balaban J connectivity index is 1.77. The average molecular weight is 320 g/mol. The van der Waals surface area contributed by atoms with Crippen LogP contribution in [0.1, 0.15) is 22.3 Å². The number of imidazole rings is 1. The predicted octanol–water partition coefficient (Wildman–Crippen LogP) is 2.27. The quantitative estimate of drug-likeness (QED) is 0.760. The Kier molecular flexibility index (Phi) is 3.30. The third kappa shape index (κ3) is 2.32. The highest BCUT2D eigenvalue weighted by Gasteiger charge is 2.16. The van der Waals surface area contributed by atoms with E-state index in [9.17, 15) is 9.59 Å². The molecular weight excluding hydrogens is 304 g/mol. The molecule has 0 saturated carbocycles. The molecule has 24 heavy (non-hydrogen) atoms. The summed E-state index contributed by atoms with van der Waals surface area (Å²) in [4.78, 5) is 27.6. The Bertz CT molecular complexity index is 974. The number of nitrogens with zero attached hydrogens (tertiary/aromatic N) is 2. The molecule has 2 N–H and O–H groups in total. The standard InChI is InChI=1S/C18H16N4O2/c1-19-18(24)12-2-6-16-15(9-12)20-10-22(16)13-4-5-14-11(8-13)3-7-17(23)21-14/h2,4-6,8-10H,3,7H2,1H3,(H,19,24)(H,21,23). The Morgan fingerprint density at radius 1 is 1.21 bits per heavy atom. The van der Waals surface area contributed by atoms with Crippen LogP contribution in [0.25, 0.3) is 16.7 Å². The van der Waals surface area contributed by atoms with Crippen LogP contribution in [-0.2, 0) is 11.2 Å². The molecule has 0 radical (unpaired) electrons. The normalized spacial score (nSPS) is 13.5. The molecule has 0 saturated heterocycles. The maximum absolute atomic E-state index is 11.7. The van der Waals surface area contributed by atoms with Gasteiger partial charge in [0, 0.05) is 30.4 Å². The van der Waals surface area contributed by atoms with Crippen molar-refractivity contribution in [2.45, 2.75) is 12.8 Å². The highest BCUT2D eigenvalue weighted by molar-refractivity contribution is 5.97. The van der Waals surface area contributed by atoms with E-state index in [1.165, 1.54) is 0 Å². The number of hydrogen-bond donors (Lipinski definition) is 2. The SMILES string of the molecule is CNC(=O)c1ccc2c(c1)ncn2-c1ccc2c(c1)CCC(=O)N2. The summed E-state index contributed by atoms with van der Waals surface area (Å²) in [5, 5.41) is 5.50. The fourth-order valence-corrected chi connectivity index (χ4v) is 3.02. The predicted molar refractivity (Wildman–Crippen MR) is 91.4 cm³/mol. The zero-order valence-corrected chi connectivity index (χ0v) is 13.2. The molecular formula is C18H16N4O2. The van der Waals surface area contributed by atoms with Gasteiger partial charge in [0.1, 0.15) is 6.33 Å². The molecule has 120 valence electrons. The van der Waals surface area contributed by atoms with Crippen LogP contribution in [0.4, 0.5) is 5.69 Å². The van der Waals surface area contributed by atoms with Crippen LogP contribution in [-0.4, -0.2) is 28.4 Å². The zero-order chi connectivity index (χ0) is 16.7. The van der Waals surface area contributed by atoms with E-state index in [-0.39, 0.29) is 11.8 Å². The number of hydrogen-bond acceptors (Lipinski definition) is 3. The summed E-state index contributed by atoms with van der Waals surface area (Å²) in [7, 11) is 1.61. The molecule has 6 nitrogen and oxygen atoms in total. The van der Waals surface area contributed by atoms with Gasteiger partial charge in [-0.1, -0.05) is 0 Å². The minimum Gasteiger partial charge on any atom is -0.355 e. The minimum atomic E-state index is -0.129. The summed E-state index contributed by atoms with van der Waals surface area (Å²) in [6, 6.07) is 11.4. The van der Waals surface area contributed by atoms with Crippen molar-refractivity contribution in [3.05, 3.63) is 53.9 Å². The second kappa shape index (κ2) is 5.49. The summed E-state index contributed by atoms with van der Waals surface area (Å²) < 4.78 is 1.99. The lowest BCUT2D eigenvalue weighted by Gasteiger charge is -2.18. The minimum absolute atomic E-state index is 0.0602. The van der Waals surface area contributed by atoms with Crippen molar-refractivity contribution in [1.82, 2.24) is 14.9 Å². The molecule has 0 aliphatic carbocycles. The molecule has 4 rings (SSSR count). The van der Waals surface area contributed by atoms with Gasteiger partial charge in [0.15, 0.2) is 0 Å². The first-order valence-corrected chi connectivity index (χ1v) is 7.78. The van der Waals surface area contributed by atoms with Gasteiger partial charge in [-0.3, -0.25) is 14.2 Å². The summed E-state index contributed by atoms with van der Waals surface area (Å²) >= 11 is 0. The first-order valence-electron chi connectivity index (χ1n) is 7.78. The van der Waals surface area contributed by atoms with E-state index >= 15 is 0 Å². The Labute approximate surface area is 138 Å². The Morgan fingerprint density at radius 3 is 2.92 bits per heavy atom. The van der Waals surface area contributed by atoms with Crippen molar-refractivity contribution in [3.8, 4) is 5.69 Å². The smallest absolute Gasteiger partial charge is 0.251 e. The van der Waals surface area contributed by atoms with E-state index in [2.05, 4.69) is 21.7 Å². The van der Waals surface area contributed by atoms with Crippen molar-refractivity contribution in [3.63, 3.8) is 0 Å². The maximum Gasteiger partial charge on any atom is 0.251 e. The van der Waals surface area contributed by atoms with E-state index in [1.807, 2.05) is 22.8 Å². The third-order valence-electron chi connectivity index (χ3n) is 4.30. The molecule has 0 spiro atoms. The number of carbonyl (C=O) groups is 2. The van der Waals surface area contributed by atoms with Gasteiger partial charge in [-0.15, -0.1) is 0 Å². The summed E-state index contributed by atoms with van der Waals surface area (Å²) in [6.07, 6.45) is 3.00. The fraction of sp³-hybridized carbons (Fsp3) is 0.167. The van der Waals surface area contributed by atoms with Crippen LogP contribution in [0.2, 0.25) is 0 Å². The first kappa shape index (κ1) is 14.4. The molecule has 0 atom stereocenters. The topological polar surface area (TPSA) is 76.0 Å². The summed E-state index contributed by atoms with van der Waals surface area (Å²) in [5.74, 6) is -0.0685. The third-order valence-corrected chi connectivity index (χ3v) is 4.30. The summed E-state index contributed by atoms with van der Waals surface area (Å²) in [6.45, 7) is 0. The number of benzene rings is 2. The number of nitrogens with one attached hydrogen (secondary N) is 2. The van der Waals surface area contributed by atoms with Crippen LogP contribution in [0.15, 0.2) is 42.7 Å². The van der Waals surface area contributed by atoms with E-state index in [1.54, 1.807) is 25.5 Å². The Morgan fingerprint density at radius 2 is 2.08 bits per heavy atom. The largest absolute Gasteiger partial charge is 0.355 e. The Hall–Kier alpha value is -3.15. The second-order valence-corrected chi connectivity index (χ2v) is 5.79. The van der Waals surface area contributed by atoms with Gasteiger partial charge in [-0.2, -0.15) is 0 Å². The highest BCUT2D eigenvalue weighted by atomic mass is 16.2. The van der Waals surface area contributed by atoms with Crippen LogP contribution < -0.4 is 10.6 Å². The molecule has 1 aromatic heterocycles. The van der Waals surface area contributed by atoms with E-state index in [0.29, 0.717) is 12.0 Å². The van der Waals surface area contributed by atoms with Crippen molar-refractivity contribution in [2.24, 2.45) is 0 Å². The number of aromatic nitrogens is 2. The van der Waals surface area contributed by atoms with Gasteiger partial charge >= 0.3 is 0 Å². The maximum atomic E-state index is 11.7. The first-order chi connectivity index (χ1) is 11.7. The molecule has 2 amide bonds. The average Bonchev–Trinajstić information content (AvgIpc) is 3.03. The monoisotopic (exact) mass is 320 g/mol. The molecule has 2 heterocycles. The van der Waals surface area contributed by atoms with E-state index in [0.717, 1.165) is 34.4 Å². The molecule has 6 heteroatoms. The highest BCUT2D eigenvalue weighted by Crippen LogP contribution is 2.27. The molecule has 2 aromatic carbocycles. The number of anilines is 1. The molecule has 1 aliphatic heterocycles. The number of fused-ring (bicyclic) bond motifs is 2. The lowest BCUT2D eigenvalue weighted by molar-refractivity contribution is -0.116. The lowest BCUT2D eigenvalue weighted by Crippen LogP contribution is -2.19. The van der Waals surface area contributed by atoms with Crippen LogP contribution in [0, 0.1) is 0 Å². The van der Waals surface area contributed by atoms with Crippen LogP contribution >= 0.6 is 0 Å². The zero-order valence-electron chi connectivity index (χ0n) is 13.2. The van der Waals surface area contributed by atoms with Gasteiger partial charge in [0.25, 0.3) is 5.91 Å². The molecule has 3 aromatic rings. The van der Waals surface area contributed by atoms with Gasteiger partial charge in [0.2, 0.25) is 5.91 Å². The van der Waals surface area contributed by atoms with E-state index in [4.69, 9.17) is 0 Å². The number of carbonyl (C=O) groups excluding carboxylic acids is 2. The van der Waals surface area contributed by atoms with Gasteiger partial charge in [0.05, 0.1) is 11.0 Å². The van der Waals surface area contributed by atoms with Crippen molar-refractivity contribution >= 4 is 28.5 Å². The van der Waals surface area contributed by atoms with Crippen LogP contribution in [0.3, 0.4) is 0 Å². The molecule has 0 fully saturated rings. The number of rotatable bonds is 2. The van der Waals surface area contributed by atoms with Crippen molar-refractivity contribution in [1.29, 1.82) is 0 Å². The van der Waals surface area contributed by atoms with Crippen LogP contribution in [0.5, 0.6) is 0 Å². The second-order valence-electron chi connectivity index (χ2n) is 5.79. The number of aryl methyl sites for hydroxylation is 1. The van der Waals surface area contributed by atoms with Gasteiger partial charge in [-0.05, 0) is 48.4 Å². The molecule has 1 aliphatic rings. The molecule has 0 bridgehead atoms. The van der Waals surface area contributed by atoms with Crippen molar-refractivity contribution in [2.75, 3.05) is 12.4 Å². The number of amides is 2. The lowest BCUT2D eigenvalue weighted by atomic mass is 10.0.